The van der Waals surface area contributed by atoms with E-state index in [-0.39, 0.29) is 11.7 Å². The van der Waals surface area contributed by atoms with E-state index in [9.17, 15) is 4.39 Å². The second kappa shape index (κ2) is 7.52. The Kier molecular flexibility index (Phi) is 5.19. The summed E-state index contributed by atoms with van der Waals surface area (Å²) >= 11 is 1.46. The molecule has 2 unspecified atom stereocenters. The Bertz CT molecular complexity index is 856. The van der Waals surface area contributed by atoms with Gasteiger partial charge in [-0.05, 0) is 28.4 Å². The van der Waals surface area contributed by atoms with Crippen molar-refractivity contribution in [2.45, 2.75) is 12.5 Å². The van der Waals surface area contributed by atoms with Gasteiger partial charge in [0, 0.05) is 12.5 Å². The molecule has 8 heteroatoms. The van der Waals surface area contributed by atoms with Crippen LogP contribution in [-0.2, 0) is 6.54 Å². The van der Waals surface area contributed by atoms with E-state index in [1.54, 1.807) is 23.1 Å². The van der Waals surface area contributed by atoms with Crippen LogP contribution in [0.2, 0.25) is 0 Å². The van der Waals surface area contributed by atoms with Crippen LogP contribution >= 0.6 is 20.6 Å². The van der Waals surface area contributed by atoms with Gasteiger partial charge in [-0.1, -0.05) is 12.1 Å². The van der Waals surface area contributed by atoms with Gasteiger partial charge in [0.15, 0.2) is 0 Å². The molecule has 1 N–H and O–H groups in total. The predicted octanol–water partition coefficient (Wildman–Crippen LogP) is 2.75. The van der Waals surface area contributed by atoms with Gasteiger partial charge in [-0.3, -0.25) is 4.68 Å². The summed E-state index contributed by atoms with van der Waals surface area (Å²) in [6.07, 6.45) is 3.07. The third kappa shape index (κ3) is 3.78. The summed E-state index contributed by atoms with van der Waals surface area (Å²) in [6, 6.07) is 9.07. The Morgan fingerprint density at radius 1 is 1.42 bits per heavy atom. The van der Waals surface area contributed by atoms with Gasteiger partial charge in [0.25, 0.3) is 0 Å². The second-order valence-electron chi connectivity index (χ2n) is 5.25. The Morgan fingerprint density at radius 3 is 3.00 bits per heavy atom. The van der Waals surface area contributed by atoms with Gasteiger partial charge in [-0.15, -0.1) is 20.6 Å². The molecular formula is C16H15FN5PS. The summed E-state index contributed by atoms with van der Waals surface area (Å²) in [6.45, 7) is 0.982. The minimum absolute atomic E-state index is 0.147. The molecule has 1 aromatic carbocycles. The second-order valence-corrected chi connectivity index (χ2v) is 6.83. The molecule has 24 heavy (non-hydrogen) atoms. The molecule has 0 spiro atoms. The normalized spacial score (nSPS) is 11.9. The van der Waals surface area contributed by atoms with Crippen LogP contribution in [0.15, 0.2) is 42.3 Å². The molecule has 0 aliphatic heterocycles. The average Bonchev–Trinajstić information content (AvgIpc) is 3.23. The number of benzene rings is 1. The lowest BCUT2D eigenvalue weighted by Crippen LogP contribution is -2.20. The first-order chi connectivity index (χ1) is 11.7. The number of halogens is 1. The number of anilines is 1. The third-order valence-corrected chi connectivity index (χ3v) is 4.86. The number of hydrogen-bond donors (Lipinski definition) is 1. The molecule has 0 amide bonds. The van der Waals surface area contributed by atoms with Gasteiger partial charge in [0.2, 0.25) is 0 Å². The zero-order valence-electron chi connectivity index (χ0n) is 12.7. The highest BCUT2D eigenvalue weighted by molar-refractivity contribution is 7.27. The lowest BCUT2D eigenvalue weighted by molar-refractivity contribution is 0.503. The Morgan fingerprint density at radius 2 is 2.29 bits per heavy atom. The Balaban J connectivity index is 1.83. The van der Waals surface area contributed by atoms with Crippen LogP contribution in [-0.4, -0.2) is 21.3 Å². The van der Waals surface area contributed by atoms with E-state index in [4.69, 9.17) is 5.26 Å². The molecule has 3 rings (SSSR count). The molecule has 2 atom stereocenters. The van der Waals surface area contributed by atoms with Crippen LogP contribution in [0.4, 0.5) is 9.39 Å². The molecule has 5 nitrogen and oxygen atoms in total. The van der Waals surface area contributed by atoms with Crippen LogP contribution in [0.25, 0.3) is 0 Å². The highest BCUT2D eigenvalue weighted by atomic mass is 32.1. The molecule has 0 fully saturated rings. The fourth-order valence-electron chi connectivity index (χ4n) is 2.45. The number of aromatic nitrogens is 3. The summed E-state index contributed by atoms with van der Waals surface area (Å²) in [5.74, 6) is -0.396. The maximum absolute atomic E-state index is 14.4. The SMILES string of the molecule is N#Cc1ccsc1NCC(Cn1cncn1)c1ccc(P)cc1F. The molecule has 122 valence electrons. The molecule has 0 bridgehead atoms. The lowest BCUT2D eigenvalue weighted by Gasteiger charge is -2.19. The number of rotatable bonds is 6. The average molecular weight is 359 g/mol. The molecule has 0 radical (unpaired) electrons. The van der Waals surface area contributed by atoms with Gasteiger partial charge in [0.05, 0.1) is 12.1 Å². The maximum Gasteiger partial charge on any atom is 0.137 e. The van der Waals surface area contributed by atoms with E-state index < -0.39 is 0 Å². The van der Waals surface area contributed by atoms with Crippen LogP contribution < -0.4 is 10.6 Å². The Hall–Kier alpha value is -2.29. The summed E-state index contributed by atoms with van der Waals surface area (Å²) in [5.41, 5.74) is 1.21. The van der Waals surface area contributed by atoms with Gasteiger partial charge in [-0.25, -0.2) is 9.37 Å². The van der Waals surface area contributed by atoms with Crippen molar-refractivity contribution in [2.24, 2.45) is 0 Å². The quantitative estimate of drug-likeness (QED) is 0.688. The van der Waals surface area contributed by atoms with Crippen molar-refractivity contribution >= 4 is 30.9 Å². The first-order valence-corrected chi connectivity index (χ1v) is 8.72. The minimum Gasteiger partial charge on any atom is -0.375 e. The van der Waals surface area contributed by atoms with Crippen molar-refractivity contribution in [3.63, 3.8) is 0 Å². The van der Waals surface area contributed by atoms with E-state index in [1.807, 2.05) is 11.4 Å². The molecule has 3 aromatic rings. The zero-order chi connectivity index (χ0) is 16.9. The van der Waals surface area contributed by atoms with E-state index in [0.717, 1.165) is 10.3 Å². The number of nitrogens with zero attached hydrogens (tertiary/aromatic N) is 4. The monoisotopic (exact) mass is 359 g/mol. The van der Waals surface area contributed by atoms with Crippen LogP contribution in [0.5, 0.6) is 0 Å². The first kappa shape index (κ1) is 16.6. The number of nitrogens with one attached hydrogen (secondary N) is 1. The van der Waals surface area contributed by atoms with Crippen LogP contribution in [0.1, 0.15) is 17.0 Å². The Labute approximate surface area is 145 Å². The molecular weight excluding hydrogens is 344 g/mol. The fourth-order valence-corrected chi connectivity index (χ4v) is 3.44. The number of thiophene rings is 1. The highest BCUT2D eigenvalue weighted by Gasteiger charge is 2.18. The van der Waals surface area contributed by atoms with Crippen molar-refractivity contribution in [1.29, 1.82) is 5.26 Å². The zero-order valence-corrected chi connectivity index (χ0v) is 14.7. The molecule has 0 aliphatic carbocycles. The van der Waals surface area contributed by atoms with Gasteiger partial charge in [-0.2, -0.15) is 10.4 Å². The van der Waals surface area contributed by atoms with Crippen molar-refractivity contribution in [3.8, 4) is 6.07 Å². The molecule has 2 aromatic heterocycles. The minimum atomic E-state index is -0.249. The highest BCUT2D eigenvalue weighted by Crippen LogP contribution is 2.26. The van der Waals surface area contributed by atoms with E-state index >= 15 is 0 Å². The topological polar surface area (TPSA) is 66.5 Å². The van der Waals surface area contributed by atoms with E-state index in [0.29, 0.717) is 24.2 Å². The van der Waals surface area contributed by atoms with E-state index in [2.05, 4.69) is 30.7 Å². The molecule has 2 heterocycles. The van der Waals surface area contributed by atoms with Gasteiger partial charge < -0.3 is 5.32 Å². The van der Waals surface area contributed by atoms with Gasteiger partial charge >= 0.3 is 0 Å². The van der Waals surface area contributed by atoms with Crippen molar-refractivity contribution in [3.05, 3.63) is 59.2 Å². The maximum atomic E-state index is 14.4. The summed E-state index contributed by atoms with van der Waals surface area (Å²) < 4.78 is 16.1. The summed E-state index contributed by atoms with van der Waals surface area (Å²) in [5, 5.41) is 19.9. The van der Waals surface area contributed by atoms with Crippen molar-refractivity contribution in [2.75, 3.05) is 11.9 Å². The van der Waals surface area contributed by atoms with Crippen LogP contribution in [0, 0.1) is 17.1 Å². The van der Waals surface area contributed by atoms with Crippen LogP contribution in [0.3, 0.4) is 0 Å². The first-order valence-electron chi connectivity index (χ1n) is 7.26. The van der Waals surface area contributed by atoms with Gasteiger partial charge in [0.1, 0.15) is 29.5 Å². The molecule has 0 aliphatic rings. The largest absolute Gasteiger partial charge is 0.375 e. The number of nitriles is 1. The standard InChI is InChI=1S/C16H15FN5PS/c17-15-5-13(23)1-2-14(15)12(8-22-10-19-9-21-22)7-20-16-11(6-18)3-4-24-16/h1-5,9-10,12,20H,7-8,23H2. The van der Waals surface area contributed by atoms with E-state index in [1.165, 1.54) is 23.7 Å². The number of hydrogen-bond acceptors (Lipinski definition) is 5. The third-order valence-electron chi connectivity index (χ3n) is 3.63. The van der Waals surface area contributed by atoms with Crippen molar-refractivity contribution in [1.82, 2.24) is 14.8 Å². The predicted molar refractivity (Wildman–Crippen MR) is 96.0 cm³/mol. The lowest BCUT2D eigenvalue weighted by atomic mass is 9.98. The smallest absolute Gasteiger partial charge is 0.137 e. The van der Waals surface area contributed by atoms with Crippen molar-refractivity contribution < 1.29 is 4.39 Å². The molecule has 0 saturated heterocycles. The fraction of sp³-hybridized carbons (Fsp3) is 0.188. The summed E-state index contributed by atoms with van der Waals surface area (Å²) in [7, 11) is 2.49. The summed E-state index contributed by atoms with van der Waals surface area (Å²) in [4.78, 5) is 3.94. The molecule has 0 saturated carbocycles.